The van der Waals surface area contributed by atoms with Gasteiger partial charge in [-0.25, -0.2) is 4.79 Å². The number of rotatable bonds is 6. The van der Waals surface area contributed by atoms with Crippen LogP contribution in [-0.4, -0.2) is 29.9 Å². The summed E-state index contributed by atoms with van der Waals surface area (Å²) in [5, 5.41) is 2.67. The number of nitrogens with one attached hydrogen (secondary N) is 1. The lowest BCUT2D eigenvalue weighted by Gasteiger charge is -2.23. The summed E-state index contributed by atoms with van der Waals surface area (Å²) in [6.07, 6.45) is -1.04. The van der Waals surface area contributed by atoms with Crippen molar-refractivity contribution in [3.8, 4) is 0 Å². The summed E-state index contributed by atoms with van der Waals surface area (Å²) < 4.78 is 5.01. The SMILES string of the molecule is CC(C)[C@@H](NC(=O)c1ccc(C(C)(C)C)cc1)C(=O)O[C@@H](C)C(N)=O. The van der Waals surface area contributed by atoms with Crippen molar-refractivity contribution in [2.45, 2.75) is 59.1 Å². The zero-order valence-electron chi connectivity index (χ0n) is 15.8. The molecule has 0 bridgehead atoms. The van der Waals surface area contributed by atoms with E-state index in [-0.39, 0.29) is 17.2 Å². The molecule has 0 unspecified atom stereocenters. The lowest BCUT2D eigenvalue weighted by Crippen LogP contribution is -2.47. The van der Waals surface area contributed by atoms with Gasteiger partial charge in [-0.1, -0.05) is 46.8 Å². The minimum Gasteiger partial charge on any atom is -0.451 e. The van der Waals surface area contributed by atoms with Crippen molar-refractivity contribution in [2.75, 3.05) is 0 Å². The Morgan fingerprint density at radius 2 is 1.56 bits per heavy atom. The van der Waals surface area contributed by atoms with E-state index in [1.54, 1.807) is 26.0 Å². The van der Waals surface area contributed by atoms with Gasteiger partial charge in [0.2, 0.25) is 0 Å². The number of nitrogens with two attached hydrogens (primary N) is 1. The van der Waals surface area contributed by atoms with E-state index < -0.39 is 24.0 Å². The van der Waals surface area contributed by atoms with Crippen molar-refractivity contribution < 1.29 is 19.1 Å². The Hall–Kier alpha value is -2.37. The summed E-state index contributed by atoms with van der Waals surface area (Å²) in [6, 6.07) is 6.38. The highest BCUT2D eigenvalue weighted by atomic mass is 16.5. The van der Waals surface area contributed by atoms with Crippen LogP contribution in [0.5, 0.6) is 0 Å². The highest BCUT2D eigenvalue weighted by molar-refractivity contribution is 5.97. The zero-order chi connectivity index (χ0) is 19.4. The zero-order valence-corrected chi connectivity index (χ0v) is 15.8. The van der Waals surface area contributed by atoms with E-state index in [0.29, 0.717) is 5.56 Å². The number of carbonyl (C=O) groups is 3. The molecule has 0 aliphatic heterocycles. The van der Waals surface area contributed by atoms with Crippen LogP contribution in [0.1, 0.15) is 57.5 Å². The molecule has 138 valence electrons. The predicted octanol–water partition coefficient (Wildman–Crippen LogP) is 2.16. The minimum atomic E-state index is -1.04. The molecule has 0 heterocycles. The lowest BCUT2D eigenvalue weighted by molar-refractivity contribution is -0.156. The molecule has 1 aromatic carbocycles. The Morgan fingerprint density at radius 3 is 1.96 bits per heavy atom. The van der Waals surface area contributed by atoms with E-state index in [1.807, 2.05) is 12.1 Å². The molecule has 0 radical (unpaired) electrons. The average molecular weight is 348 g/mol. The van der Waals surface area contributed by atoms with Crippen LogP contribution in [0.15, 0.2) is 24.3 Å². The summed E-state index contributed by atoms with van der Waals surface area (Å²) in [4.78, 5) is 35.7. The van der Waals surface area contributed by atoms with Gasteiger partial charge in [-0.15, -0.1) is 0 Å². The second kappa shape index (κ2) is 8.14. The monoisotopic (exact) mass is 348 g/mol. The number of carbonyl (C=O) groups excluding carboxylic acids is 3. The van der Waals surface area contributed by atoms with E-state index in [4.69, 9.17) is 10.5 Å². The largest absolute Gasteiger partial charge is 0.451 e. The molecule has 6 heteroatoms. The third-order valence-electron chi connectivity index (χ3n) is 3.91. The number of esters is 1. The van der Waals surface area contributed by atoms with Crippen LogP contribution in [0.3, 0.4) is 0 Å². The molecule has 0 fully saturated rings. The molecule has 2 amide bonds. The number of amides is 2. The van der Waals surface area contributed by atoms with Gasteiger partial charge < -0.3 is 15.8 Å². The quantitative estimate of drug-likeness (QED) is 0.770. The average Bonchev–Trinajstić information content (AvgIpc) is 2.50. The highest BCUT2D eigenvalue weighted by Gasteiger charge is 2.28. The van der Waals surface area contributed by atoms with Crippen molar-refractivity contribution >= 4 is 17.8 Å². The lowest BCUT2D eigenvalue weighted by atomic mass is 9.86. The van der Waals surface area contributed by atoms with Crippen molar-refractivity contribution in [1.82, 2.24) is 5.32 Å². The maximum Gasteiger partial charge on any atom is 0.329 e. The first kappa shape index (κ1) is 20.7. The van der Waals surface area contributed by atoms with Crippen LogP contribution in [-0.2, 0) is 19.7 Å². The van der Waals surface area contributed by atoms with Crippen molar-refractivity contribution in [2.24, 2.45) is 11.7 Å². The molecule has 0 aromatic heterocycles. The fourth-order valence-corrected chi connectivity index (χ4v) is 2.15. The summed E-state index contributed by atoms with van der Waals surface area (Å²) >= 11 is 0. The molecule has 0 saturated heterocycles. The molecule has 2 atom stereocenters. The van der Waals surface area contributed by atoms with Crippen molar-refractivity contribution in [3.63, 3.8) is 0 Å². The molecule has 0 aliphatic rings. The Labute approximate surface area is 149 Å². The van der Waals surface area contributed by atoms with Crippen LogP contribution in [0.2, 0.25) is 0 Å². The third-order valence-corrected chi connectivity index (χ3v) is 3.91. The van der Waals surface area contributed by atoms with Gasteiger partial charge in [0.15, 0.2) is 6.10 Å². The van der Waals surface area contributed by atoms with E-state index in [2.05, 4.69) is 26.1 Å². The standard InChI is InChI=1S/C19H28N2O4/c1-11(2)15(18(24)25-12(3)16(20)22)21-17(23)13-7-9-14(10-8-13)19(4,5)6/h7-12,15H,1-6H3,(H2,20,22)(H,21,23)/t12-,15+/m0/s1. The Morgan fingerprint density at radius 1 is 1.04 bits per heavy atom. The van der Waals surface area contributed by atoms with Crippen LogP contribution < -0.4 is 11.1 Å². The minimum absolute atomic E-state index is 0.00974. The topological polar surface area (TPSA) is 98.5 Å². The maximum absolute atomic E-state index is 12.4. The van der Waals surface area contributed by atoms with Gasteiger partial charge in [-0.2, -0.15) is 0 Å². The van der Waals surface area contributed by atoms with E-state index in [0.717, 1.165) is 5.56 Å². The van der Waals surface area contributed by atoms with Gasteiger partial charge >= 0.3 is 5.97 Å². The first-order valence-electron chi connectivity index (χ1n) is 8.34. The van der Waals surface area contributed by atoms with Gasteiger partial charge in [0.1, 0.15) is 6.04 Å². The van der Waals surface area contributed by atoms with E-state index >= 15 is 0 Å². The van der Waals surface area contributed by atoms with Gasteiger partial charge in [-0.3, -0.25) is 9.59 Å². The van der Waals surface area contributed by atoms with Crippen LogP contribution in [0.4, 0.5) is 0 Å². The van der Waals surface area contributed by atoms with Gasteiger partial charge in [-0.05, 0) is 36.0 Å². The Bertz CT molecular complexity index is 630. The van der Waals surface area contributed by atoms with Crippen LogP contribution in [0, 0.1) is 5.92 Å². The van der Waals surface area contributed by atoms with Crippen molar-refractivity contribution in [1.29, 1.82) is 0 Å². The molecule has 1 rings (SSSR count). The fourth-order valence-electron chi connectivity index (χ4n) is 2.15. The molecule has 3 N–H and O–H groups in total. The fraction of sp³-hybridized carbons (Fsp3) is 0.526. The Balaban J connectivity index is 2.86. The second-order valence-corrected chi connectivity index (χ2v) is 7.50. The maximum atomic E-state index is 12.4. The van der Waals surface area contributed by atoms with Crippen molar-refractivity contribution in [3.05, 3.63) is 35.4 Å². The smallest absolute Gasteiger partial charge is 0.329 e. The predicted molar refractivity (Wildman–Crippen MR) is 96.0 cm³/mol. The molecule has 0 spiro atoms. The first-order chi connectivity index (χ1) is 11.4. The van der Waals surface area contributed by atoms with Crippen LogP contribution in [0.25, 0.3) is 0 Å². The molecular formula is C19H28N2O4. The Kier molecular flexibility index (Phi) is 6.73. The number of primary amides is 1. The molecule has 6 nitrogen and oxygen atoms in total. The van der Waals surface area contributed by atoms with Gasteiger partial charge in [0, 0.05) is 5.56 Å². The molecular weight excluding hydrogens is 320 g/mol. The molecule has 0 saturated carbocycles. The molecule has 25 heavy (non-hydrogen) atoms. The number of hydrogen-bond donors (Lipinski definition) is 2. The third kappa shape index (κ3) is 5.89. The van der Waals surface area contributed by atoms with E-state index in [9.17, 15) is 14.4 Å². The molecule has 0 aliphatic carbocycles. The summed E-state index contributed by atoms with van der Waals surface area (Å²) in [5.41, 5.74) is 6.65. The number of ether oxygens (including phenoxy) is 1. The number of benzene rings is 1. The molecule has 1 aromatic rings. The number of hydrogen-bond acceptors (Lipinski definition) is 4. The summed E-state index contributed by atoms with van der Waals surface area (Å²) in [7, 11) is 0. The van der Waals surface area contributed by atoms with Crippen LogP contribution >= 0.6 is 0 Å². The normalized spacial score (nSPS) is 13.9. The first-order valence-corrected chi connectivity index (χ1v) is 8.34. The summed E-state index contributed by atoms with van der Waals surface area (Å²) in [5.74, 6) is -1.99. The van der Waals surface area contributed by atoms with E-state index in [1.165, 1.54) is 6.92 Å². The van der Waals surface area contributed by atoms with Gasteiger partial charge in [0.05, 0.1) is 0 Å². The summed E-state index contributed by atoms with van der Waals surface area (Å²) in [6.45, 7) is 11.2. The van der Waals surface area contributed by atoms with Gasteiger partial charge in [0.25, 0.3) is 11.8 Å². The second-order valence-electron chi connectivity index (χ2n) is 7.50. The highest BCUT2D eigenvalue weighted by Crippen LogP contribution is 2.22.